The van der Waals surface area contributed by atoms with Gasteiger partial charge in [-0.15, -0.1) is 11.8 Å². The van der Waals surface area contributed by atoms with E-state index in [0.29, 0.717) is 17.9 Å². The third-order valence-electron chi connectivity index (χ3n) is 3.58. The summed E-state index contributed by atoms with van der Waals surface area (Å²) in [6, 6.07) is 0. The molecule has 134 valence electrons. The highest BCUT2D eigenvalue weighted by atomic mass is 32.2. The van der Waals surface area contributed by atoms with Crippen molar-refractivity contribution in [1.29, 1.82) is 0 Å². The summed E-state index contributed by atoms with van der Waals surface area (Å²) < 4.78 is 15.8. The predicted molar refractivity (Wildman–Crippen MR) is 88.3 cm³/mol. The van der Waals surface area contributed by atoms with Gasteiger partial charge >= 0.3 is 11.9 Å². The van der Waals surface area contributed by atoms with Gasteiger partial charge in [-0.1, -0.05) is 0 Å². The molecule has 2 aliphatic rings. The number of thioether (sulfide) groups is 1. The van der Waals surface area contributed by atoms with Crippen LogP contribution in [0.2, 0.25) is 0 Å². The molecule has 0 aromatic carbocycles. The molecule has 2 atom stereocenters. The van der Waals surface area contributed by atoms with Gasteiger partial charge in [-0.05, 0) is 20.8 Å². The van der Waals surface area contributed by atoms with Gasteiger partial charge in [-0.2, -0.15) is 0 Å². The summed E-state index contributed by atoms with van der Waals surface area (Å²) in [5.74, 6) is -0.829. The number of esters is 2. The summed E-state index contributed by atoms with van der Waals surface area (Å²) in [5, 5.41) is -0.0743. The Bertz CT molecular complexity index is 580. The lowest BCUT2D eigenvalue weighted by molar-refractivity contribution is -0.154. The van der Waals surface area contributed by atoms with Gasteiger partial charge < -0.3 is 19.1 Å². The first-order valence-electron chi connectivity index (χ1n) is 7.68. The normalized spacial score (nSPS) is 24.0. The molecular weight excluding hydrogens is 334 g/mol. The molecule has 0 saturated carbocycles. The molecule has 0 N–H and O–H groups in total. The molecule has 2 heterocycles. The summed E-state index contributed by atoms with van der Waals surface area (Å²) in [6.07, 6.45) is -0.581. The molecule has 1 fully saturated rings. The van der Waals surface area contributed by atoms with E-state index in [1.54, 1.807) is 20.8 Å². The van der Waals surface area contributed by atoms with Gasteiger partial charge in [-0.3, -0.25) is 9.59 Å². The number of carbonyl (C=O) groups is 3. The maximum absolute atomic E-state index is 12.7. The SMILES string of the molecule is COC1C(=O)N2CC1SCC(COC(C)=O)=C2C(=O)OC(C)(C)C. The van der Waals surface area contributed by atoms with Gasteiger partial charge in [0.1, 0.15) is 24.0 Å². The van der Waals surface area contributed by atoms with Crippen LogP contribution in [0, 0.1) is 0 Å². The van der Waals surface area contributed by atoms with Gasteiger partial charge in [0, 0.05) is 31.9 Å². The Hall–Kier alpha value is -1.54. The third kappa shape index (κ3) is 4.10. The topological polar surface area (TPSA) is 82.1 Å². The van der Waals surface area contributed by atoms with Crippen LogP contribution in [0.15, 0.2) is 11.3 Å². The quantitative estimate of drug-likeness (QED) is 0.697. The molecule has 2 bridgehead atoms. The highest BCUT2D eigenvalue weighted by Gasteiger charge is 2.47. The van der Waals surface area contributed by atoms with E-state index in [9.17, 15) is 14.4 Å². The summed E-state index contributed by atoms with van der Waals surface area (Å²) >= 11 is 1.52. The summed E-state index contributed by atoms with van der Waals surface area (Å²) in [7, 11) is 1.48. The summed E-state index contributed by atoms with van der Waals surface area (Å²) in [4.78, 5) is 37.8. The number of fused-ring (bicyclic) bond motifs is 2. The van der Waals surface area contributed by atoms with Crippen LogP contribution in [0.25, 0.3) is 0 Å². The van der Waals surface area contributed by atoms with Gasteiger partial charge in [0.25, 0.3) is 5.91 Å². The lowest BCUT2D eigenvalue weighted by atomic mass is 10.1. The average molecular weight is 357 g/mol. The molecule has 7 nitrogen and oxygen atoms in total. The van der Waals surface area contributed by atoms with Crippen molar-refractivity contribution in [3.05, 3.63) is 11.3 Å². The van der Waals surface area contributed by atoms with Crippen molar-refractivity contribution in [1.82, 2.24) is 4.90 Å². The van der Waals surface area contributed by atoms with E-state index >= 15 is 0 Å². The Labute approximate surface area is 145 Å². The second-order valence-corrected chi connectivity index (χ2v) is 7.92. The molecule has 0 aliphatic carbocycles. The van der Waals surface area contributed by atoms with Crippen molar-refractivity contribution in [3.8, 4) is 0 Å². The van der Waals surface area contributed by atoms with Crippen LogP contribution in [0.3, 0.4) is 0 Å². The maximum Gasteiger partial charge on any atom is 0.355 e. The Kier molecular flexibility index (Phi) is 5.59. The van der Waals surface area contributed by atoms with E-state index in [2.05, 4.69) is 0 Å². The molecule has 24 heavy (non-hydrogen) atoms. The van der Waals surface area contributed by atoms with E-state index in [-0.39, 0.29) is 23.5 Å². The van der Waals surface area contributed by atoms with Crippen molar-refractivity contribution in [2.24, 2.45) is 0 Å². The van der Waals surface area contributed by atoms with Crippen molar-refractivity contribution in [2.75, 3.05) is 26.0 Å². The maximum atomic E-state index is 12.7. The molecule has 1 saturated heterocycles. The summed E-state index contributed by atoms with van der Waals surface area (Å²) in [5.41, 5.74) is 0.0550. The molecule has 0 radical (unpaired) electrons. The van der Waals surface area contributed by atoms with Crippen LogP contribution in [0.4, 0.5) is 0 Å². The molecule has 0 aromatic rings. The second-order valence-electron chi connectivity index (χ2n) is 6.69. The Balaban J connectivity index is 2.38. The Morgan fingerprint density at radius 3 is 2.54 bits per heavy atom. The predicted octanol–water partition coefficient (Wildman–Crippen LogP) is 1.12. The van der Waals surface area contributed by atoms with Crippen LogP contribution in [0.1, 0.15) is 27.7 Å². The van der Waals surface area contributed by atoms with Crippen LogP contribution in [-0.4, -0.2) is 65.7 Å². The van der Waals surface area contributed by atoms with Crippen molar-refractivity contribution < 1.29 is 28.6 Å². The monoisotopic (exact) mass is 357 g/mol. The van der Waals surface area contributed by atoms with Crippen molar-refractivity contribution >= 4 is 29.6 Å². The van der Waals surface area contributed by atoms with Crippen LogP contribution in [-0.2, 0) is 28.6 Å². The molecule has 2 rings (SSSR count). The van der Waals surface area contributed by atoms with Crippen LogP contribution < -0.4 is 0 Å². The largest absolute Gasteiger partial charge is 0.461 e. The van der Waals surface area contributed by atoms with E-state index in [1.807, 2.05) is 0 Å². The first kappa shape index (κ1) is 18.8. The van der Waals surface area contributed by atoms with Crippen molar-refractivity contribution in [3.63, 3.8) is 0 Å². The van der Waals surface area contributed by atoms with Crippen LogP contribution in [0.5, 0.6) is 0 Å². The lowest BCUT2D eigenvalue weighted by Crippen LogP contribution is -2.38. The Morgan fingerprint density at radius 2 is 2.00 bits per heavy atom. The molecule has 0 spiro atoms. The number of ether oxygens (including phenoxy) is 3. The summed E-state index contributed by atoms with van der Waals surface area (Å²) in [6.45, 7) is 6.92. The highest BCUT2D eigenvalue weighted by molar-refractivity contribution is 8.00. The third-order valence-corrected chi connectivity index (χ3v) is 4.92. The second kappa shape index (κ2) is 7.14. The fourth-order valence-corrected chi connectivity index (χ4v) is 3.91. The first-order valence-corrected chi connectivity index (χ1v) is 8.73. The fourth-order valence-electron chi connectivity index (χ4n) is 2.62. The minimum Gasteiger partial charge on any atom is -0.461 e. The van der Waals surface area contributed by atoms with Gasteiger partial charge in [0.05, 0.1) is 5.25 Å². The molecule has 0 aromatic heterocycles. The van der Waals surface area contributed by atoms with E-state index in [1.165, 1.54) is 30.7 Å². The smallest absolute Gasteiger partial charge is 0.355 e. The molecule has 2 unspecified atom stereocenters. The number of methoxy groups -OCH3 is 1. The standard InChI is InChI=1S/C16H23NO6S/c1-9(18)22-7-10-8-24-11-6-17(14(19)13(11)21-5)12(10)15(20)23-16(2,3)4/h11,13H,6-8H2,1-5H3. The minimum absolute atomic E-state index is 0.0366. The van der Waals surface area contributed by atoms with Crippen molar-refractivity contribution in [2.45, 2.75) is 44.6 Å². The number of nitrogens with zero attached hydrogens (tertiary/aromatic N) is 1. The highest BCUT2D eigenvalue weighted by Crippen LogP contribution is 2.36. The van der Waals surface area contributed by atoms with Crippen LogP contribution >= 0.6 is 11.8 Å². The van der Waals surface area contributed by atoms with E-state index in [4.69, 9.17) is 14.2 Å². The number of rotatable bonds is 4. The fraction of sp³-hybridized carbons (Fsp3) is 0.688. The minimum atomic E-state index is -0.696. The first-order chi connectivity index (χ1) is 11.1. The molecular formula is C16H23NO6S. The Morgan fingerprint density at radius 1 is 1.33 bits per heavy atom. The molecule has 2 aliphatic heterocycles. The van der Waals surface area contributed by atoms with Gasteiger partial charge in [0.15, 0.2) is 0 Å². The van der Waals surface area contributed by atoms with E-state index < -0.39 is 23.6 Å². The molecule has 8 heteroatoms. The molecule has 1 amide bonds. The zero-order chi connectivity index (χ0) is 18.1. The zero-order valence-electron chi connectivity index (χ0n) is 14.6. The number of amides is 1. The number of carbonyl (C=O) groups excluding carboxylic acids is 3. The van der Waals surface area contributed by atoms with Gasteiger partial charge in [0.2, 0.25) is 0 Å². The number of hydrogen-bond acceptors (Lipinski definition) is 7. The average Bonchev–Trinajstić information content (AvgIpc) is 2.64. The van der Waals surface area contributed by atoms with E-state index in [0.717, 1.165) is 0 Å². The zero-order valence-corrected chi connectivity index (χ0v) is 15.4. The van der Waals surface area contributed by atoms with Gasteiger partial charge in [-0.25, -0.2) is 4.79 Å². The lowest BCUT2D eigenvalue weighted by Gasteiger charge is -2.26. The number of hydrogen-bond donors (Lipinski definition) is 0.